The van der Waals surface area contributed by atoms with Gasteiger partial charge < -0.3 is 5.32 Å². The average Bonchev–Trinajstić information content (AvgIpc) is 3.40. The predicted molar refractivity (Wildman–Crippen MR) is 127 cm³/mol. The van der Waals surface area contributed by atoms with Gasteiger partial charge in [-0.2, -0.15) is 0 Å². The molecule has 0 unspecified atom stereocenters. The van der Waals surface area contributed by atoms with E-state index in [0.717, 1.165) is 27.5 Å². The first-order chi connectivity index (χ1) is 16.0. The van der Waals surface area contributed by atoms with Crippen LogP contribution in [0.1, 0.15) is 15.9 Å². The van der Waals surface area contributed by atoms with Crippen LogP contribution in [-0.4, -0.2) is 50.8 Å². The van der Waals surface area contributed by atoms with Crippen LogP contribution < -0.4 is 5.32 Å². The molecule has 0 saturated carbocycles. The summed E-state index contributed by atoms with van der Waals surface area (Å²) in [5, 5.41) is 3.08. The minimum atomic E-state index is -0.505. The van der Waals surface area contributed by atoms with E-state index < -0.39 is 17.0 Å². The topological polar surface area (TPSA) is 84.3 Å². The summed E-state index contributed by atoms with van der Waals surface area (Å²) >= 11 is 2.25. The van der Waals surface area contributed by atoms with Gasteiger partial charge in [-0.25, -0.2) is 9.37 Å². The molecule has 1 aliphatic heterocycles. The SMILES string of the molecule is CSc1nccn1-c1cccc(C(=O)NCCN2C(=O)S/C(=C\c3ccccc3F)C2=O)c1. The highest BCUT2D eigenvalue weighted by atomic mass is 32.2. The van der Waals surface area contributed by atoms with Crippen molar-refractivity contribution in [1.29, 1.82) is 0 Å². The number of aromatic nitrogens is 2. The number of rotatable bonds is 7. The van der Waals surface area contributed by atoms with E-state index in [1.165, 1.54) is 30.0 Å². The van der Waals surface area contributed by atoms with Crippen molar-refractivity contribution in [2.45, 2.75) is 5.16 Å². The molecular formula is C23H19FN4O3S2. The number of carbonyl (C=O) groups is 3. The fraction of sp³-hybridized carbons (Fsp3) is 0.130. The predicted octanol–water partition coefficient (Wildman–Crippen LogP) is 4.20. The van der Waals surface area contributed by atoms with Gasteiger partial charge in [-0.1, -0.05) is 36.0 Å². The molecule has 168 valence electrons. The zero-order valence-corrected chi connectivity index (χ0v) is 19.2. The second kappa shape index (κ2) is 10.1. The number of benzene rings is 2. The van der Waals surface area contributed by atoms with Crippen molar-refractivity contribution in [3.63, 3.8) is 0 Å². The Kier molecular flexibility index (Phi) is 6.95. The lowest BCUT2D eigenvalue weighted by Gasteiger charge is -2.13. The Bertz CT molecular complexity index is 1260. The van der Waals surface area contributed by atoms with Crippen molar-refractivity contribution < 1.29 is 18.8 Å². The van der Waals surface area contributed by atoms with Gasteiger partial charge in [0, 0.05) is 42.3 Å². The Labute approximate surface area is 198 Å². The van der Waals surface area contributed by atoms with Crippen LogP contribution in [-0.2, 0) is 4.79 Å². The number of thioether (sulfide) groups is 2. The van der Waals surface area contributed by atoms with Gasteiger partial charge in [-0.15, -0.1) is 0 Å². The molecule has 10 heteroatoms. The number of amides is 3. The van der Waals surface area contributed by atoms with E-state index in [2.05, 4.69) is 10.3 Å². The molecule has 1 aromatic heterocycles. The maximum atomic E-state index is 13.9. The highest BCUT2D eigenvalue weighted by Gasteiger charge is 2.34. The lowest BCUT2D eigenvalue weighted by molar-refractivity contribution is -0.122. The van der Waals surface area contributed by atoms with Crippen LogP contribution in [0.25, 0.3) is 11.8 Å². The van der Waals surface area contributed by atoms with Gasteiger partial charge in [-0.05, 0) is 48.4 Å². The molecule has 2 aromatic carbocycles. The Morgan fingerprint density at radius 1 is 1.21 bits per heavy atom. The fourth-order valence-corrected chi connectivity index (χ4v) is 4.63. The van der Waals surface area contributed by atoms with E-state index in [1.807, 2.05) is 23.1 Å². The smallest absolute Gasteiger partial charge is 0.293 e. The van der Waals surface area contributed by atoms with Gasteiger partial charge in [0.05, 0.1) is 4.91 Å². The third kappa shape index (κ3) is 5.01. The molecule has 1 N–H and O–H groups in total. The van der Waals surface area contributed by atoms with Crippen molar-refractivity contribution in [3.05, 3.63) is 82.8 Å². The van der Waals surface area contributed by atoms with Gasteiger partial charge in [0.2, 0.25) is 0 Å². The van der Waals surface area contributed by atoms with Crippen molar-refractivity contribution in [1.82, 2.24) is 19.8 Å². The van der Waals surface area contributed by atoms with Crippen LogP contribution in [0.5, 0.6) is 0 Å². The summed E-state index contributed by atoms with van der Waals surface area (Å²) in [7, 11) is 0. The molecule has 2 heterocycles. The summed E-state index contributed by atoms with van der Waals surface area (Å²) < 4.78 is 15.7. The Morgan fingerprint density at radius 3 is 2.82 bits per heavy atom. The van der Waals surface area contributed by atoms with Gasteiger partial charge in [0.25, 0.3) is 17.1 Å². The molecule has 0 radical (unpaired) electrons. The molecule has 1 fully saturated rings. The zero-order chi connectivity index (χ0) is 23.4. The third-order valence-corrected chi connectivity index (χ3v) is 6.44. The van der Waals surface area contributed by atoms with Crippen molar-refractivity contribution >= 4 is 46.7 Å². The zero-order valence-electron chi connectivity index (χ0n) is 17.5. The Hall–Kier alpha value is -3.37. The highest BCUT2D eigenvalue weighted by molar-refractivity contribution is 8.18. The maximum absolute atomic E-state index is 13.9. The standard InChI is InChI=1S/C23H19FN4O3S2/c1-32-22-26-10-11-27(22)17-7-4-6-16(13-17)20(29)25-9-12-28-21(30)19(33-23(28)31)14-15-5-2-3-8-18(15)24/h2-8,10-11,13-14H,9,12H2,1H3,(H,25,29)/b19-14-. The molecule has 1 saturated heterocycles. The summed E-state index contributed by atoms with van der Waals surface area (Å²) in [6.07, 6.45) is 6.79. The molecule has 3 amide bonds. The summed E-state index contributed by atoms with van der Waals surface area (Å²) in [6.45, 7) is 0.109. The van der Waals surface area contributed by atoms with Crippen LogP contribution in [0, 0.1) is 5.82 Å². The number of imide groups is 1. The summed E-state index contributed by atoms with van der Waals surface area (Å²) in [4.78, 5) is 42.9. The second-order valence-electron chi connectivity index (χ2n) is 6.95. The number of hydrogen-bond donors (Lipinski definition) is 1. The third-order valence-electron chi connectivity index (χ3n) is 4.86. The molecule has 3 aromatic rings. The van der Waals surface area contributed by atoms with Crippen molar-refractivity contribution in [2.75, 3.05) is 19.3 Å². The Morgan fingerprint density at radius 2 is 2.03 bits per heavy atom. The normalized spacial score (nSPS) is 14.8. The van der Waals surface area contributed by atoms with E-state index in [1.54, 1.807) is 36.5 Å². The molecule has 7 nitrogen and oxygen atoms in total. The van der Waals surface area contributed by atoms with Gasteiger partial charge in [0.1, 0.15) is 5.82 Å². The molecule has 33 heavy (non-hydrogen) atoms. The summed E-state index contributed by atoms with van der Waals surface area (Å²) in [6, 6.07) is 13.1. The van der Waals surface area contributed by atoms with E-state index in [-0.39, 0.29) is 29.5 Å². The van der Waals surface area contributed by atoms with E-state index >= 15 is 0 Å². The van der Waals surface area contributed by atoms with Crippen LogP contribution in [0.4, 0.5) is 9.18 Å². The minimum absolute atomic E-state index is 0.0167. The average molecular weight is 483 g/mol. The first-order valence-corrected chi connectivity index (χ1v) is 12.0. The fourth-order valence-electron chi connectivity index (χ4n) is 3.24. The lowest BCUT2D eigenvalue weighted by Crippen LogP contribution is -2.37. The van der Waals surface area contributed by atoms with Crippen molar-refractivity contribution in [3.8, 4) is 5.69 Å². The number of nitrogens with one attached hydrogen (secondary N) is 1. The first kappa shape index (κ1) is 22.8. The monoisotopic (exact) mass is 482 g/mol. The molecule has 1 aliphatic rings. The minimum Gasteiger partial charge on any atom is -0.350 e. The lowest BCUT2D eigenvalue weighted by atomic mass is 10.2. The largest absolute Gasteiger partial charge is 0.350 e. The first-order valence-electron chi connectivity index (χ1n) is 9.94. The number of halogens is 1. The van der Waals surface area contributed by atoms with Crippen LogP contribution in [0.15, 0.2) is 71.0 Å². The number of hydrogen-bond acceptors (Lipinski definition) is 6. The number of imidazole rings is 1. The van der Waals surface area contributed by atoms with E-state index in [0.29, 0.717) is 5.56 Å². The summed E-state index contributed by atoms with van der Waals surface area (Å²) in [5.41, 5.74) is 1.48. The molecule has 0 spiro atoms. The maximum Gasteiger partial charge on any atom is 0.293 e. The van der Waals surface area contributed by atoms with E-state index in [9.17, 15) is 18.8 Å². The number of nitrogens with zero attached hydrogens (tertiary/aromatic N) is 3. The van der Waals surface area contributed by atoms with Crippen LogP contribution in [0.2, 0.25) is 0 Å². The highest BCUT2D eigenvalue weighted by Crippen LogP contribution is 2.32. The molecule has 4 rings (SSSR count). The molecular weight excluding hydrogens is 463 g/mol. The van der Waals surface area contributed by atoms with Gasteiger partial charge in [0.15, 0.2) is 5.16 Å². The summed E-state index contributed by atoms with van der Waals surface area (Å²) in [5.74, 6) is -1.30. The molecule has 0 bridgehead atoms. The molecule has 0 aliphatic carbocycles. The van der Waals surface area contributed by atoms with Gasteiger partial charge >= 0.3 is 0 Å². The van der Waals surface area contributed by atoms with Crippen LogP contribution in [0.3, 0.4) is 0 Å². The quantitative estimate of drug-likeness (QED) is 0.401. The van der Waals surface area contributed by atoms with E-state index in [4.69, 9.17) is 0 Å². The Balaban J connectivity index is 1.38. The molecule has 0 atom stereocenters. The van der Waals surface area contributed by atoms with Crippen LogP contribution >= 0.6 is 23.5 Å². The number of carbonyl (C=O) groups excluding carboxylic acids is 3. The second-order valence-corrected chi connectivity index (χ2v) is 8.71. The van der Waals surface area contributed by atoms with Gasteiger partial charge in [-0.3, -0.25) is 23.9 Å². The van der Waals surface area contributed by atoms with Crippen molar-refractivity contribution in [2.24, 2.45) is 0 Å².